The molecular weight excluding hydrogens is 360 g/mol. The molecule has 1 aromatic rings. The fourth-order valence-electron chi connectivity index (χ4n) is 2.92. The molecule has 1 aromatic heterocycles. The van der Waals surface area contributed by atoms with E-state index in [0.29, 0.717) is 32.2 Å². The molecule has 1 fully saturated rings. The van der Waals surface area contributed by atoms with Gasteiger partial charge in [0.2, 0.25) is 5.91 Å². The number of rotatable bonds is 9. The SMILES string of the molecule is CCNC(=NCc1cc(C(C)C)no1)N1CCN(CC(=O)NCCOC)CC1. The molecule has 0 atom stereocenters. The number of hydrogen-bond donors (Lipinski definition) is 2. The number of aliphatic imine (C=N–C) groups is 1. The number of aromatic nitrogens is 1. The van der Waals surface area contributed by atoms with Crippen molar-refractivity contribution in [2.75, 3.05) is 59.5 Å². The van der Waals surface area contributed by atoms with Gasteiger partial charge in [-0.15, -0.1) is 0 Å². The smallest absolute Gasteiger partial charge is 0.234 e. The van der Waals surface area contributed by atoms with Gasteiger partial charge in [-0.3, -0.25) is 9.69 Å². The van der Waals surface area contributed by atoms with Crippen LogP contribution in [0.5, 0.6) is 0 Å². The molecule has 1 amide bonds. The Morgan fingerprint density at radius 2 is 2.07 bits per heavy atom. The van der Waals surface area contributed by atoms with Crippen LogP contribution in [0.4, 0.5) is 0 Å². The first-order valence-corrected chi connectivity index (χ1v) is 10.00. The predicted octanol–water partition coefficient (Wildman–Crippen LogP) is 0.644. The third-order valence-electron chi connectivity index (χ3n) is 4.56. The third kappa shape index (κ3) is 7.12. The van der Waals surface area contributed by atoms with Crippen LogP contribution in [0.1, 0.15) is 38.1 Å². The summed E-state index contributed by atoms with van der Waals surface area (Å²) in [7, 11) is 1.63. The Morgan fingerprint density at radius 1 is 1.32 bits per heavy atom. The number of amides is 1. The van der Waals surface area contributed by atoms with Crippen molar-refractivity contribution in [2.45, 2.75) is 33.2 Å². The van der Waals surface area contributed by atoms with Crippen molar-refractivity contribution in [2.24, 2.45) is 4.99 Å². The average Bonchev–Trinajstić information content (AvgIpc) is 3.15. The van der Waals surface area contributed by atoms with Gasteiger partial charge in [-0.2, -0.15) is 0 Å². The number of methoxy groups -OCH3 is 1. The summed E-state index contributed by atoms with van der Waals surface area (Å²) >= 11 is 0. The first-order chi connectivity index (χ1) is 13.5. The van der Waals surface area contributed by atoms with Gasteiger partial charge in [0, 0.05) is 52.4 Å². The van der Waals surface area contributed by atoms with Gasteiger partial charge in [0.25, 0.3) is 0 Å². The maximum atomic E-state index is 11.9. The standard InChI is InChI=1S/C19H34N6O3/c1-5-20-19(22-13-16-12-17(15(2)3)23-28-16)25-9-7-24(8-10-25)14-18(26)21-6-11-27-4/h12,15H,5-11,13-14H2,1-4H3,(H,20,22)(H,21,26). The van der Waals surface area contributed by atoms with E-state index in [1.807, 2.05) is 6.07 Å². The Bertz CT molecular complexity index is 623. The van der Waals surface area contributed by atoms with Crippen LogP contribution in [-0.2, 0) is 16.1 Å². The number of piperazine rings is 1. The van der Waals surface area contributed by atoms with Crippen molar-refractivity contribution >= 4 is 11.9 Å². The summed E-state index contributed by atoms with van der Waals surface area (Å²) in [4.78, 5) is 21.0. The Morgan fingerprint density at radius 3 is 2.68 bits per heavy atom. The van der Waals surface area contributed by atoms with Crippen LogP contribution >= 0.6 is 0 Å². The van der Waals surface area contributed by atoms with Crippen LogP contribution in [0.15, 0.2) is 15.6 Å². The van der Waals surface area contributed by atoms with Crippen molar-refractivity contribution in [3.05, 3.63) is 17.5 Å². The second kappa shape index (κ2) is 11.7. The van der Waals surface area contributed by atoms with Gasteiger partial charge in [-0.1, -0.05) is 19.0 Å². The van der Waals surface area contributed by atoms with E-state index in [1.54, 1.807) is 7.11 Å². The average molecular weight is 395 g/mol. The zero-order chi connectivity index (χ0) is 20.4. The molecule has 0 spiro atoms. The Balaban J connectivity index is 1.83. The zero-order valence-electron chi connectivity index (χ0n) is 17.5. The number of hydrogen-bond acceptors (Lipinski definition) is 6. The Hall–Kier alpha value is -2.13. The molecule has 2 rings (SSSR count). The fraction of sp³-hybridized carbons (Fsp3) is 0.737. The molecule has 0 bridgehead atoms. The molecular formula is C19H34N6O3. The van der Waals surface area contributed by atoms with Gasteiger partial charge in [0.15, 0.2) is 11.7 Å². The summed E-state index contributed by atoms with van der Waals surface area (Å²) in [5.74, 6) is 2.02. The summed E-state index contributed by atoms with van der Waals surface area (Å²) in [6.45, 7) is 12.3. The molecule has 1 aliphatic rings. The van der Waals surface area contributed by atoms with Crippen molar-refractivity contribution in [1.82, 2.24) is 25.6 Å². The highest BCUT2D eigenvalue weighted by molar-refractivity contribution is 5.80. The molecule has 0 aliphatic carbocycles. The molecule has 9 nitrogen and oxygen atoms in total. The van der Waals surface area contributed by atoms with E-state index < -0.39 is 0 Å². The molecule has 2 heterocycles. The highest BCUT2D eigenvalue weighted by Gasteiger charge is 2.21. The lowest BCUT2D eigenvalue weighted by Crippen LogP contribution is -2.54. The summed E-state index contributed by atoms with van der Waals surface area (Å²) in [5.41, 5.74) is 0.951. The van der Waals surface area contributed by atoms with Gasteiger partial charge in [0.1, 0.15) is 6.54 Å². The quantitative estimate of drug-likeness (QED) is 0.361. The second-order valence-corrected chi connectivity index (χ2v) is 7.15. The first-order valence-electron chi connectivity index (χ1n) is 10.00. The van der Waals surface area contributed by atoms with Crippen molar-refractivity contribution in [3.8, 4) is 0 Å². The lowest BCUT2D eigenvalue weighted by molar-refractivity contribution is -0.122. The maximum Gasteiger partial charge on any atom is 0.234 e. The van der Waals surface area contributed by atoms with Crippen LogP contribution in [-0.4, -0.2) is 86.4 Å². The third-order valence-corrected chi connectivity index (χ3v) is 4.56. The molecule has 0 saturated carbocycles. The highest BCUT2D eigenvalue weighted by atomic mass is 16.5. The zero-order valence-corrected chi connectivity index (χ0v) is 17.5. The topological polar surface area (TPSA) is 95.2 Å². The monoisotopic (exact) mass is 394 g/mol. The first kappa shape index (κ1) is 22.2. The van der Waals surface area contributed by atoms with Crippen LogP contribution in [0.3, 0.4) is 0 Å². The molecule has 158 valence electrons. The summed E-state index contributed by atoms with van der Waals surface area (Å²) in [6, 6.07) is 1.97. The van der Waals surface area contributed by atoms with E-state index in [-0.39, 0.29) is 5.91 Å². The lowest BCUT2D eigenvalue weighted by atomic mass is 10.1. The van der Waals surface area contributed by atoms with E-state index >= 15 is 0 Å². The van der Waals surface area contributed by atoms with Gasteiger partial charge >= 0.3 is 0 Å². The van der Waals surface area contributed by atoms with Crippen LogP contribution in [0, 0.1) is 0 Å². The van der Waals surface area contributed by atoms with Crippen LogP contribution in [0.2, 0.25) is 0 Å². The van der Waals surface area contributed by atoms with E-state index in [1.165, 1.54) is 0 Å². The fourth-order valence-corrected chi connectivity index (χ4v) is 2.92. The second-order valence-electron chi connectivity index (χ2n) is 7.15. The largest absolute Gasteiger partial charge is 0.383 e. The van der Waals surface area contributed by atoms with Crippen molar-refractivity contribution in [3.63, 3.8) is 0 Å². The Kier molecular flexibility index (Phi) is 9.22. The minimum Gasteiger partial charge on any atom is -0.383 e. The lowest BCUT2D eigenvalue weighted by Gasteiger charge is -2.36. The summed E-state index contributed by atoms with van der Waals surface area (Å²) in [5, 5.41) is 10.3. The minimum absolute atomic E-state index is 0.0392. The van der Waals surface area contributed by atoms with E-state index in [9.17, 15) is 4.79 Å². The number of ether oxygens (including phenoxy) is 1. The number of guanidine groups is 1. The van der Waals surface area contributed by atoms with Gasteiger partial charge in [0.05, 0.1) is 18.8 Å². The molecule has 9 heteroatoms. The van der Waals surface area contributed by atoms with Crippen LogP contribution < -0.4 is 10.6 Å². The van der Waals surface area contributed by atoms with E-state index in [0.717, 1.165) is 50.1 Å². The number of carbonyl (C=O) groups is 1. The van der Waals surface area contributed by atoms with Crippen LogP contribution in [0.25, 0.3) is 0 Å². The molecule has 1 aliphatic heterocycles. The van der Waals surface area contributed by atoms with E-state index in [2.05, 4.69) is 46.4 Å². The number of nitrogens with one attached hydrogen (secondary N) is 2. The molecule has 0 aromatic carbocycles. The molecule has 2 N–H and O–H groups in total. The van der Waals surface area contributed by atoms with Gasteiger partial charge in [-0.25, -0.2) is 4.99 Å². The number of nitrogens with zero attached hydrogens (tertiary/aromatic N) is 4. The summed E-state index contributed by atoms with van der Waals surface area (Å²) in [6.07, 6.45) is 0. The predicted molar refractivity (Wildman–Crippen MR) is 108 cm³/mol. The Labute approximate surface area is 167 Å². The maximum absolute atomic E-state index is 11.9. The molecule has 28 heavy (non-hydrogen) atoms. The summed E-state index contributed by atoms with van der Waals surface area (Å²) < 4.78 is 10.3. The van der Waals surface area contributed by atoms with Crippen molar-refractivity contribution in [1.29, 1.82) is 0 Å². The van der Waals surface area contributed by atoms with E-state index in [4.69, 9.17) is 14.3 Å². The molecule has 1 saturated heterocycles. The number of carbonyl (C=O) groups excluding carboxylic acids is 1. The van der Waals surface area contributed by atoms with Gasteiger partial charge < -0.3 is 24.8 Å². The molecule has 0 radical (unpaired) electrons. The van der Waals surface area contributed by atoms with Crippen molar-refractivity contribution < 1.29 is 14.1 Å². The normalized spacial score (nSPS) is 15.9. The minimum atomic E-state index is 0.0392. The van der Waals surface area contributed by atoms with Gasteiger partial charge in [-0.05, 0) is 12.8 Å². The molecule has 0 unspecified atom stereocenters. The highest BCUT2D eigenvalue weighted by Crippen LogP contribution is 2.14.